The van der Waals surface area contributed by atoms with Crippen LogP contribution in [0.25, 0.3) is 0 Å². The van der Waals surface area contributed by atoms with Crippen LogP contribution < -0.4 is 10.5 Å². The van der Waals surface area contributed by atoms with Crippen LogP contribution in [0.15, 0.2) is 28.0 Å². The van der Waals surface area contributed by atoms with E-state index in [2.05, 4.69) is 4.72 Å². The van der Waals surface area contributed by atoms with Gasteiger partial charge in [-0.05, 0) is 31.0 Å². The van der Waals surface area contributed by atoms with Crippen molar-refractivity contribution < 1.29 is 21.2 Å². The van der Waals surface area contributed by atoms with Crippen LogP contribution in [0.5, 0.6) is 0 Å². The second-order valence-corrected chi connectivity index (χ2v) is 9.33. The summed E-state index contributed by atoms with van der Waals surface area (Å²) in [5.74, 6) is -1.08. The third-order valence-electron chi connectivity index (χ3n) is 3.92. The van der Waals surface area contributed by atoms with Crippen molar-refractivity contribution >= 4 is 19.9 Å². The van der Waals surface area contributed by atoms with Gasteiger partial charge in [0.05, 0.1) is 4.90 Å². The number of nitrogens with two attached hydrogens (primary N) is 1. The van der Waals surface area contributed by atoms with Crippen molar-refractivity contribution in [1.82, 2.24) is 4.72 Å². The molecule has 22 heavy (non-hydrogen) atoms. The molecule has 0 spiro atoms. The Morgan fingerprint density at radius 3 is 2.27 bits per heavy atom. The second kappa shape index (κ2) is 5.88. The van der Waals surface area contributed by atoms with Crippen LogP contribution in [0.4, 0.5) is 4.39 Å². The van der Waals surface area contributed by atoms with E-state index in [-0.39, 0.29) is 11.4 Å². The maximum atomic E-state index is 13.9. The second-order valence-electron chi connectivity index (χ2n) is 5.66. The molecule has 1 aliphatic rings. The fraction of sp³-hybridized carbons (Fsp3) is 0.538. The molecule has 0 aromatic heterocycles. The van der Waals surface area contributed by atoms with Crippen molar-refractivity contribution in [2.24, 2.45) is 5.73 Å². The summed E-state index contributed by atoms with van der Waals surface area (Å²) < 4.78 is 63.9. The third-order valence-corrected chi connectivity index (χ3v) is 6.62. The largest absolute Gasteiger partial charge is 0.329 e. The molecule has 2 rings (SSSR count). The topological polar surface area (TPSA) is 106 Å². The van der Waals surface area contributed by atoms with Crippen molar-refractivity contribution in [2.45, 2.75) is 41.0 Å². The molecule has 0 heterocycles. The van der Waals surface area contributed by atoms with E-state index in [4.69, 9.17) is 5.73 Å². The molecule has 3 N–H and O–H groups in total. The standard InChI is InChI=1S/C13H19FN2O4S2/c1-21(17,18)12-5-4-10(8-11(12)14)22(19,20)16-13(9-15)6-2-3-7-13/h4-5,8,16H,2-3,6-7,9,15H2,1H3. The molecule has 0 atom stereocenters. The first-order valence-electron chi connectivity index (χ1n) is 6.83. The van der Waals surface area contributed by atoms with Gasteiger partial charge in [0.1, 0.15) is 10.7 Å². The van der Waals surface area contributed by atoms with Gasteiger partial charge in [0.2, 0.25) is 10.0 Å². The number of benzene rings is 1. The average Bonchev–Trinajstić information content (AvgIpc) is 2.85. The van der Waals surface area contributed by atoms with Gasteiger partial charge in [-0.15, -0.1) is 0 Å². The fourth-order valence-corrected chi connectivity index (χ4v) is 4.90. The van der Waals surface area contributed by atoms with E-state index in [9.17, 15) is 21.2 Å². The zero-order valence-electron chi connectivity index (χ0n) is 12.2. The lowest BCUT2D eigenvalue weighted by Crippen LogP contribution is -2.51. The zero-order chi connectivity index (χ0) is 16.6. The lowest BCUT2D eigenvalue weighted by Gasteiger charge is -2.28. The summed E-state index contributed by atoms with van der Waals surface area (Å²) in [6.45, 7) is 0.163. The van der Waals surface area contributed by atoms with Gasteiger partial charge in [-0.25, -0.2) is 25.9 Å². The van der Waals surface area contributed by atoms with Crippen molar-refractivity contribution in [2.75, 3.05) is 12.8 Å². The monoisotopic (exact) mass is 350 g/mol. The molecule has 1 saturated carbocycles. The minimum atomic E-state index is -3.96. The van der Waals surface area contributed by atoms with E-state index in [0.29, 0.717) is 12.8 Å². The Balaban J connectivity index is 2.36. The van der Waals surface area contributed by atoms with Crippen LogP contribution in [0.2, 0.25) is 0 Å². The predicted octanol–water partition coefficient (Wildman–Crippen LogP) is 0.779. The first kappa shape index (κ1) is 17.3. The van der Waals surface area contributed by atoms with Crippen molar-refractivity contribution in [3.8, 4) is 0 Å². The lowest BCUT2D eigenvalue weighted by atomic mass is 10.0. The molecule has 1 fully saturated rings. The average molecular weight is 350 g/mol. The Kier molecular flexibility index (Phi) is 4.63. The number of nitrogens with one attached hydrogen (secondary N) is 1. The Morgan fingerprint density at radius 2 is 1.82 bits per heavy atom. The molecular formula is C13H19FN2O4S2. The summed E-state index contributed by atoms with van der Waals surface area (Å²) in [7, 11) is -7.71. The van der Waals surface area contributed by atoms with Gasteiger partial charge < -0.3 is 5.73 Å². The summed E-state index contributed by atoms with van der Waals surface area (Å²) in [4.78, 5) is -0.835. The Labute approximate surface area is 129 Å². The molecule has 0 radical (unpaired) electrons. The minimum absolute atomic E-state index is 0.163. The van der Waals surface area contributed by atoms with Crippen LogP contribution in [-0.4, -0.2) is 35.2 Å². The first-order chi connectivity index (χ1) is 10.1. The van der Waals surface area contributed by atoms with Crippen molar-refractivity contribution in [3.05, 3.63) is 24.0 Å². The molecule has 0 aliphatic heterocycles. The van der Waals surface area contributed by atoms with E-state index in [1.165, 1.54) is 0 Å². The highest BCUT2D eigenvalue weighted by atomic mass is 32.2. The highest BCUT2D eigenvalue weighted by Crippen LogP contribution is 2.30. The molecule has 0 bridgehead atoms. The van der Waals surface area contributed by atoms with E-state index in [1.807, 2.05) is 0 Å². The predicted molar refractivity (Wildman–Crippen MR) is 80.1 cm³/mol. The van der Waals surface area contributed by atoms with Crippen molar-refractivity contribution in [3.63, 3.8) is 0 Å². The molecule has 1 aromatic rings. The summed E-state index contributed by atoms with van der Waals surface area (Å²) in [6, 6.07) is 2.77. The van der Waals surface area contributed by atoms with E-state index in [1.54, 1.807) is 0 Å². The molecule has 0 amide bonds. The maximum Gasteiger partial charge on any atom is 0.241 e. The summed E-state index contributed by atoms with van der Waals surface area (Å²) in [6.07, 6.45) is 3.88. The van der Waals surface area contributed by atoms with E-state index >= 15 is 0 Å². The van der Waals surface area contributed by atoms with Crippen molar-refractivity contribution in [1.29, 1.82) is 0 Å². The number of hydrogen-bond acceptors (Lipinski definition) is 5. The van der Waals surface area contributed by atoms with Crippen LogP contribution in [-0.2, 0) is 19.9 Å². The summed E-state index contributed by atoms with van der Waals surface area (Å²) >= 11 is 0. The van der Waals surface area contributed by atoms with E-state index in [0.717, 1.165) is 37.3 Å². The highest BCUT2D eigenvalue weighted by molar-refractivity contribution is 7.90. The van der Waals surface area contributed by atoms with Gasteiger partial charge in [0, 0.05) is 18.3 Å². The third kappa shape index (κ3) is 3.48. The summed E-state index contributed by atoms with van der Waals surface area (Å²) in [5, 5.41) is 0. The molecule has 0 unspecified atom stereocenters. The quantitative estimate of drug-likeness (QED) is 0.816. The van der Waals surface area contributed by atoms with Crippen LogP contribution in [0.3, 0.4) is 0 Å². The fourth-order valence-electron chi connectivity index (χ4n) is 2.69. The Bertz CT molecular complexity index is 769. The normalized spacial score (nSPS) is 18.5. The van der Waals surface area contributed by atoms with Crippen LogP contribution in [0, 0.1) is 5.82 Å². The van der Waals surface area contributed by atoms with Gasteiger partial charge in [-0.3, -0.25) is 0 Å². The molecule has 0 saturated heterocycles. The number of sulfone groups is 1. The number of hydrogen-bond donors (Lipinski definition) is 2. The maximum absolute atomic E-state index is 13.9. The molecule has 6 nitrogen and oxygen atoms in total. The molecule has 1 aliphatic carbocycles. The minimum Gasteiger partial charge on any atom is -0.329 e. The Hall–Kier alpha value is -1.03. The molecular weight excluding hydrogens is 331 g/mol. The molecule has 9 heteroatoms. The van der Waals surface area contributed by atoms with Gasteiger partial charge in [0.15, 0.2) is 9.84 Å². The van der Waals surface area contributed by atoms with Gasteiger partial charge in [-0.2, -0.15) is 0 Å². The number of halogens is 1. The SMILES string of the molecule is CS(=O)(=O)c1ccc(S(=O)(=O)NC2(CN)CCCC2)cc1F. The summed E-state index contributed by atoms with van der Waals surface area (Å²) in [5.41, 5.74) is 4.98. The number of rotatable bonds is 5. The molecule has 1 aromatic carbocycles. The van der Waals surface area contributed by atoms with Crippen LogP contribution >= 0.6 is 0 Å². The van der Waals surface area contributed by atoms with Crippen LogP contribution in [0.1, 0.15) is 25.7 Å². The molecule has 124 valence electrons. The van der Waals surface area contributed by atoms with Gasteiger partial charge in [0.25, 0.3) is 0 Å². The Morgan fingerprint density at radius 1 is 1.23 bits per heavy atom. The highest BCUT2D eigenvalue weighted by Gasteiger charge is 2.37. The lowest BCUT2D eigenvalue weighted by molar-refractivity contribution is 0.399. The smallest absolute Gasteiger partial charge is 0.241 e. The first-order valence-corrected chi connectivity index (χ1v) is 10.2. The van der Waals surface area contributed by atoms with Gasteiger partial charge in [-0.1, -0.05) is 12.8 Å². The van der Waals surface area contributed by atoms with E-state index < -0.39 is 36.1 Å². The van der Waals surface area contributed by atoms with Gasteiger partial charge >= 0.3 is 0 Å². The number of sulfonamides is 1. The zero-order valence-corrected chi connectivity index (χ0v) is 13.8.